The van der Waals surface area contributed by atoms with Gasteiger partial charge in [0.1, 0.15) is 0 Å². The van der Waals surface area contributed by atoms with Crippen LogP contribution in [0.3, 0.4) is 0 Å². The van der Waals surface area contributed by atoms with Crippen molar-refractivity contribution < 1.29 is 59.3 Å². The van der Waals surface area contributed by atoms with Crippen molar-refractivity contribution in [3.8, 4) is 0 Å². The topological polar surface area (TPSA) is 146 Å². The molecule has 3 atom stereocenters. The van der Waals surface area contributed by atoms with Crippen LogP contribution in [0.25, 0.3) is 0 Å². The number of hydrogen-bond acceptors (Lipinski definition) is 7. The maximum Gasteiger partial charge on any atom is 0.490 e. The van der Waals surface area contributed by atoms with Crippen LogP contribution in [-0.4, -0.2) is 90.9 Å². The number of carboxylic acids is 2. The van der Waals surface area contributed by atoms with E-state index in [2.05, 4.69) is 20.7 Å². The van der Waals surface area contributed by atoms with Crippen molar-refractivity contribution in [3.63, 3.8) is 0 Å². The highest BCUT2D eigenvalue weighted by molar-refractivity contribution is 7.88. The summed E-state index contributed by atoms with van der Waals surface area (Å²) >= 11 is 0. The van der Waals surface area contributed by atoms with Gasteiger partial charge < -0.3 is 14.9 Å². The van der Waals surface area contributed by atoms with Gasteiger partial charge in [-0.1, -0.05) is 6.07 Å². The molecule has 2 saturated heterocycles. The van der Waals surface area contributed by atoms with E-state index in [-0.39, 0.29) is 12.1 Å². The number of halogens is 6. The Hall–Kier alpha value is -2.50. The van der Waals surface area contributed by atoms with E-state index in [0.29, 0.717) is 12.5 Å². The van der Waals surface area contributed by atoms with Gasteiger partial charge in [0, 0.05) is 38.6 Å². The largest absolute Gasteiger partial charge is 0.490 e. The number of ether oxygens (including phenoxy) is 1. The highest BCUT2D eigenvalue weighted by Gasteiger charge is 2.40. The van der Waals surface area contributed by atoms with Crippen molar-refractivity contribution in [3.05, 3.63) is 30.1 Å². The minimum atomic E-state index is -5.08. The number of nitrogens with zero attached hydrogens (tertiary/aromatic N) is 2. The molecule has 0 amide bonds. The SMILES string of the molecule is CS(=O)(=O)N[C@@H]1CN(Cc2cccnc2)C[C@@H]2CCCO[C@@H]21.O=C(O)C(F)(F)F.O=C(O)C(F)(F)F. The molecule has 2 aliphatic heterocycles. The maximum absolute atomic E-state index is 11.6. The van der Waals surface area contributed by atoms with Crippen LogP contribution in [-0.2, 0) is 30.9 Å². The molecule has 0 saturated carbocycles. The number of sulfonamides is 1. The number of likely N-dealkylation sites (tertiary alicyclic amines) is 1. The van der Waals surface area contributed by atoms with E-state index in [9.17, 15) is 34.8 Å². The van der Waals surface area contributed by atoms with Crippen LogP contribution in [0.1, 0.15) is 18.4 Å². The second kappa shape index (κ2) is 13.2. The number of pyridine rings is 1. The summed E-state index contributed by atoms with van der Waals surface area (Å²) in [6, 6.07) is 3.80. The molecule has 0 unspecified atom stereocenters. The second-order valence-electron chi connectivity index (χ2n) is 7.90. The number of fused-ring (bicyclic) bond motifs is 1. The third-order valence-electron chi connectivity index (χ3n) is 4.82. The average molecular weight is 553 g/mol. The first-order chi connectivity index (χ1) is 16.4. The van der Waals surface area contributed by atoms with Crippen molar-refractivity contribution in [1.82, 2.24) is 14.6 Å². The van der Waals surface area contributed by atoms with Crippen LogP contribution in [0, 0.1) is 5.92 Å². The molecule has 10 nitrogen and oxygen atoms in total. The Morgan fingerprint density at radius 2 is 1.69 bits per heavy atom. The molecule has 3 rings (SSSR count). The summed E-state index contributed by atoms with van der Waals surface area (Å²) in [5.41, 5.74) is 1.15. The molecule has 0 spiro atoms. The zero-order valence-electron chi connectivity index (χ0n) is 18.8. The maximum atomic E-state index is 11.6. The first-order valence-electron chi connectivity index (χ1n) is 10.2. The van der Waals surface area contributed by atoms with Gasteiger partial charge in [0.15, 0.2) is 0 Å². The third-order valence-corrected chi connectivity index (χ3v) is 5.55. The van der Waals surface area contributed by atoms with Gasteiger partial charge in [-0.25, -0.2) is 22.7 Å². The summed E-state index contributed by atoms with van der Waals surface area (Å²) in [5.74, 6) is -5.13. The number of hydrogen-bond donors (Lipinski definition) is 3. The molecule has 36 heavy (non-hydrogen) atoms. The number of rotatable bonds is 4. The van der Waals surface area contributed by atoms with E-state index in [1.807, 2.05) is 12.3 Å². The Bertz CT molecular complexity index is 937. The van der Waals surface area contributed by atoms with Crippen molar-refractivity contribution in [2.24, 2.45) is 5.92 Å². The first-order valence-corrected chi connectivity index (χ1v) is 12.1. The van der Waals surface area contributed by atoms with Crippen LogP contribution < -0.4 is 4.72 Å². The monoisotopic (exact) mass is 553 g/mol. The lowest BCUT2D eigenvalue weighted by Crippen LogP contribution is -2.60. The van der Waals surface area contributed by atoms with Gasteiger partial charge in [0.25, 0.3) is 0 Å². The van der Waals surface area contributed by atoms with E-state index in [1.165, 1.54) is 6.26 Å². The number of aliphatic carboxylic acids is 2. The molecule has 0 aliphatic carbocycles. The lowest BCUT2D eigenvalue weighted by Gasteiger charge is -2.45. The summed E-state index contributed by atoms with van der Waals surface area (Å²) in [7, 11) is -3.24. The number of carbonyl (C=O) groups is 2. The molecule has 2 fully saturated rings. The molecule has 2 aliphatic rings. The highest BCUT2D eigenvalue weighted by atomic mass is 32.2. The van der Waals surface area contributed by atoms with E-state index >= 15 is 0 Å². The molecule has 0 bridgehead atoms. The van der Waals surface area contributed by atoms with Crippen molar-refractivity contribution in [2.45, 2.75) is 43.9 Å². The fourth-order valence-corrected chi connectivity index (χ4v) is 4.31. The van der Waals surface area contributed by atoms with Crippen molar-refractivity contribution >= 4 is 22.0 Å². The standard InChI is InChI=1S/C15H23N3O3S.2C2HF3O2/c1-22(19,20)17-14-11-18(9-12-4-2-6-16-8-12)10-13-5-3-7-21-15(13)14;2*3-2(4,5)1(6)7/h2,4,6,8,13-15,17H,3,5,7,9-11H2,1H3;2*(H,6,7)/t13-,14+,15-;;/m0../s1. The predicted molar refractivity (Wildman–Crippen MR) is 111 cm³/mol. The molecule has 206 valence electrons. The molecule has 3 heterocycles. The van der Waals surface area contributed by atoms with Gasteiger partial charge in [-0.3, -0.25) is 9.88 Å². The van der Waals surface area contributed by atoms with Gasteiger partial charge in [-0.05, 0) is 30.4 Å². The van der Waals surface area contributed by atoms with E-state index in [1.54, 1.807) is 6.20 Å². The number of nitrogens with one attached hydrogen (secondary N) is 1. The molecule has 1 aromatic heterocycles. The smallest absolute Gasteiger partial charge is 0.475 e. The Morgan fingerprint density at radius 1 is 1.14 bits per heavy atom. The molecule has 1 aromatic rings. The predicted octanol–water partition coefficient (Wildman–Crippen LogP) is 1.88. The fourth-order valence-electron chi connectivity index (χ4n) is 3.55. The molecular weight excluding hydrogens is 528 g/mol. The van der Waals surface area contributed by atoms with Crippen LogP contribution in [0.15, 0.2) is 24.5 Å². The van der Waals surface area contributed by atoms with Gasteiger partial charge in [0.05, 0.1) is 18.4 Å². The van der Waals surface area contributed by atoms with Crippen LogP contribution in [0.2, 0.25) is 0 Å². The number of carboxylic acid groups (broad SMARTS) is 2. The Kier molecular flexibility index (Phi) is 11.5. The zero-order chi connectivity index (χ0) is 27.7. The molecule has 17 heteroatoms. The van der Waals surface area contributed by atoms with Crippen LogP contribution >= 0.6 is 0 Å². The highest BCUT2D eigenvalue weighted by Crippen LogP contribution is 2.29. The first kappa shape index (κ1) is 31.5. The number of alkyl halides is 6. The fraction of sp³-hybridized carbons (Fsp3) is 0.632. The number of aromatic nitrogens is 1. The number of piperidine rings is 1. The summed E-state index contributed by atoms with van der Waals surface area (Å²) in [5, 5.41) is 14.2. The third kappa shape index (κ3) is 12.0. The quantitative estimate of drug-likeness (QED) is 0.476. The van der Waals surface area contributed by atoms with E-state index in [4.69, 9.17) is 24.5 Å². The Morgan fingerprint density at radius 3 is 2.14 bits per heavy atom. The molecule has 0 radical (unpaired) electrons. The van der Waals surface area contributed by atoms with Crippen LogP contribution in [0.4, 0.5) is 26.3 Å². The van der Waals surface area contributed by atoms with Crippen LogP contribution in [0.5, 0.6) is 0 Å². The van der Waals surface area contributed by atoms with Gasteiger partial charge in [-0.2, -0.15) is 26.3 Å². The van der Waals surface area contributed by atoms with Gasteiger partial charge in [-0.15, -0.1) is 0 Å². The summed E-state index contributed by atoms with van der Waals surface area (Å²) < 4.78 is 95.4. The lowest BCUT2D eigenvalue weighted by atomic mass is 9.85. The molecule has 3 N–H and O–H groups in total. The van der Waals surface area contributed by atoms with Gasteiger partial charge >= 0.3 is 24.3 Å². The van der Waals surface area contributed by atoms with Crippen molar-refractivity contribution in [1.29, 1.82) is 0 Å². The van der Waals surface area contributed by atoms with Gasteiger partial charge in [0.2, 0.25) is 10.0 Å². The second-order valence-corrected chi connectivity index (χ2v) is 9.68. The van der Waals surface area contributed by atoms with Crippen molar-refractivity contribution in [2.75, 3.05) is 26.0 Å². The summed E-state index contributed by atoms with van der Waals surface area (Å²) in [4.78, 5) is 24.2. The average Bonchev–Trinajstić information content (AvgIpc) is 2.73. The summed E-state index contributed by atoms with van der Waals surface area (Å²) in [6.45, 7) is 3.13. The molecule has 0 aromatic carbocycles. The minimum absolute atomic E-state index is 0.00590. The van der Waals surface area contributed by atoms with E-state index in [0.717, 1.165) is 38.1 Å². The Labute approximate surface area is 202 Å². The summed E-state index contributed by atoms with van der Waals surface area (Å²) in [6.07, 6.45) is -3.19. The minimum Gasteiger partial charge on any atom is -0.475 e. The van der Waals surface area contributed by atoms with E-state index < -0.39 is 34.3 Å². The molecular formula is C19H25F6N3O7S. The zero-order valence-corrected chi connectivity index (χ0v) is 19.6. The lowest BCUT2D eigenvalue weighted by molar-refractivity contribution is -0.193. The normalized spacial score (nSPS) is 22.7. The Balaban J connectivity index is 0.000000383.